The molecule has 2 amide bonds. The van der Waals surface area contributed by atoms with Crippen molar-refractivity contribution in [2.45, 2.75) is 0 Å². The molecule has 0 saturated heterocycles. The van der Waals surface area contributed by atoms with Crippen LogP contribution in [0.4, 0.5) is 5.69 Å². The summed E-state index contributed by atoms with van der Waals surface area (Å²) < 4.78 is 5.06. The summed E-state index contributed by atoms with van der Waals surface area (Å²) in [7, 11) is 1.55. The molecule has 0 aliphatic heterocycles. The van der Waals surface area contributed by atoms with Gasteiger partial charge >= 0.3 is 0 Å². The fourth-order valence-corrected chi connectivity index (χ4v) is 2.52. The summed E-state index contributed by atoms with van der Waals surface area (Å²) in [5.74, 6) is -0.325. The molecule has 0 radical (unpaired) electrons. The molecular weight excluding hydrogens is 386 g/mol. The van der Waals surface area contributed by atoms with E-state index >= 15 is 0 Å². The number of amides is 2. The molecule has 0 unspecified atom stereocenters. The maximum atomic E-state index is 12.3. The Labute approximate surface area is 172 Å². The predicted octanol–water partition coefficient (Wildman–Crippen LogP) is 3.12. The number of benzene rings is 3. The SMILES string of the molecule is COc1ccc(C(=O)Nc2ccc(C(=O)N/N=C\c3ccc(O)cc3O)cc2)cc1. The smallest absolute Gasteiger partial charge is 0.271 e. The van der Waals surface area contributed by atoms with Crippen LogP contribution in [0.2, 0.25) is 0 Å². The zero-order valence-electron chi connectivity index (χ0n) is 16.0. The van der Waals surface area contributed by atoms with Crippen molar-refractivity contribution >= 4 is 23.7 Å². The lowest BCUT2D eigenvalue weighted by atomic mass is 10.1. The highest BCUT2D eigenvalue weighted by atomic mass is 16.5. The van der Waals surface area contributed by atoms with Crippen molar-refractivity contribution in [1.29, 1.82) is 0 Å². The van der Waals surface area contributed by atoms with E-state index in [2.05, 4.69) is 15.8 Å². The van der Waals surface area contributed by atoms with Gasteiger partial charge in [-0.3, -0.25) is 9.59 Å². The van der Waals surface area contributed by atoms with Gasteiger partial charge in [-0.2, -0.15) is 5.10 Å². The zero-order valence-corrected chi connectivity index (χ0v) is 16.0. The predicted molar refractivity (Wildman–Crippen MR) is 112 cm³/mol. The maximum Gasteiger partial charge on any atom is 0.271 e. The van der Waals surface area contributed by atoms with Gasteiger partial charge in [0.1, 0.15) is 17.2 Å². The molecule has 0 saturated carbocycles. The first-order chi connectivity index (χ1) is 14.5. The van der Waals surface area contributed by atoms with E-state index < -0.39 is 5.91 Å². The van der Waals surface area contributed by atoms with Crippen LogP contribution in [0.3, 0.4) is 0 Å². The number of hydrogen-bond acceptors (Lipinski definition) is 6. The number of phenols is 2. The van der Waals surface area contributed by atoms with Crippen LogP contribution in [0.5, 0.6) is 17.2 Å². The van der Waals surface area contributed by atoms with Crippen molar-refractivity contribution in [2.75, 3.05) is 12.4 Å². The number of rotatable bonds is 6. The Kier molecular flexibility index (Phi) is 6.29. The molecule has 0 aromatic heterocycles. The summed E-state index contributed by atoms with van der Waals surface area (Å²) in [6.07, 6.45) is 1.26. The van der Waals surface area contributed by atoms with Gasteiger partial charge in [0.25, 0.3) is 11.8 Å². The van der Waals surface area contributed by atoms with Crippen molar-refractivity contribution in [1.82, 2.24) is 5.43 Å². The average molecular weight is 405 g/mol. The van der Waals surface area contributed by atoms with E-state index in [0.29, 0.717) is 28.1 Å². The van der Waals surface area contributed by atoms with Crippen LogP contribution in [0.25, 0.3) is 0 Å². The van der Waals surface area contributed by atoms with E-state index in [0.717, 1.165) is 0 Å². The lowest BCUT2D eigenvalue weighted by molar-refractivity contribution is 0.0954. The Morgan fingerprint density at radius 2 is 1.53 bits per heavy atom. The van der Waals surface area contributed by atoms with Gasteiger partial charge in [-0.15, -0.1) is 0 Å². The number of carbonyl (C=O) groups excluding carboxylic acids is 2. The second-order valence-corrected chi connectivity index (χ2v) is 6.20. The standard InChI is InChI=1S/C22H19N3O5/c1-30-19-10-5-14(6-11-19)21(28)24-17-7-2-15(3-8-17)22(29)25-23-13-16-4-9-18(26)12-20(16)27/h2-13,26-27H,1H3,(H,24,28)(H,25,29)/b23-13-. The number of anilines is 1. The second kappa shape index (κ2) is 9.24. The fourth-order valence-electron chi connectivity index (χ4n) is 2.52. The van der Waals surface area contributed by atoms with Gasteiger partial charge in [0, 0.05) is 28.4 Å². The molecule has 8 heteroatoms. The van der Waals surface area contributed by atoms with E-state index in [1.165, 1.54) is 24.4 Å². The molecule has 0 bridgehead atoms. The van der Waals surface area contributed by atoms with E-state index in [9.17, 15) is 19.8 Å². The van der Waals surface area contributed by atoms with Gasteiger partial charge in [-0.05, 0) is 60.7 Å². The zero-order chi connectivity index (χ0) is 21.5. The number of aromatic hydroxyl groups is 2. The summed E-state index contributed by atoms with van der Waals surface area (Å²) >= 11 is 0. The van der Waals surface area contributed by atoms with Crippen LogP contribution in [0.15, 0.2) is 71.8 Å². The third-order valence-corrected chi connectivity index (χ3v) is 4.14. The highest BCUT2D eigenvalue weighted by molar-refractivity contribution is 6.04. The van der Waals surface area contributed by atoms with E-state index in [1.54, 1.807) is 55.6 Å². The summed E-state index contributed by atoms with van der Waals surface area (Å²) in [5, 5.41) is 25.5. The molecule has 0 atom stereocenters. The lowest BCUT2D eigenvalue weighted by Gasteiger charge is -2.07. The molecule has 4 N–H and O–H groups in total. The van der Waals surface area contributed by atoms with E-state index in [4.69, 9.17) is 4.74 Å². The number of hydrogen-bond donors (Lipinski definition) is 4. The molecule has 0 heterocycles. The lowest BCUT2D eigenvalue weighted by Crippen LogP contribution is -2.17. The van der Waals surface area contributed by atoms with Gasteiger partial charge in [-0.1, -0.05) is 0 Å². The summed E-state index contributed by atoms with van der Waals surface area (Å²) in [5.41, 5.74) is 4.03. The Balaban J connectivity index is 1.58. The molecule has 3 aromatic carbocycles. The molecular formula is C22H19N3O5. The molecule has 0 aliphatic carbocycles. The molecule has 3 aromatic rings. The highest BCUT2D eigenvalue weighted by Gasteiger charge is 2.08. The van der Waals surface area contributed by atoms with Crippen molar-refractivity contribution in [3.63, 3.8) is 0 Å². The Bertz CT molecular complexity index is 1080. The molecule has 0 aliphatic rings. The van der Waals surface area contributed by atoms with Crippen LogP contribution in [0, 0.1) is 0 Å². The minimum atomic E-state index is -0.461. The minimum absolute atomic E-state index is 0.0761. The van der Waals surface area contributed by atoms with Crippen molar-refractivity contribution in [2.24, 2.45) is 5.10 Å². The Hall–Kier alpha value is -4.33. The fraction of sp³-hybridized carbons (Fsp3) is 0.0455. The quantitative estimate of drug-likeness (QED) is 0.371. The number of carbonyl (C=O) groups is 2. The number of phenolic OH excluding ortho intramolecular Hbond substituents is 2. The monoisotopic (exact) mass is 405 g/mol. The summed E-state index contributed by atoms with van der Waals surface area (Å²) in [4.78, 5) is 24.4. The molecule has 152 valence electrons. The molecule has 0 fully saturated rings. The number of methoxy groups -OCH3 is 1. The first kappa shape index (κ1) is 20.4. The third kappa shape index (κ3) is 5.14. The van der Waals surface area contributed by atoms with Crippen LogP contribution in [-0.4, -0.2) is 35.4 Å². The van der Waals surface area contributed by atoms with E-state index in [1.807, 2.05) is 0 Å². The van der Waals surface area contributed by atoms with Crippen molar-refractivity contribution in [3.05, 3.63) is 83.4 Å². The normalized spacial score (nSPS) is 10.6. The van der Waals surface area contributed by atoms with Crippen LogP contribution < -0.4 is 15.5 Å². The Morgan fingerprint density at radius 3 is 2.17 bits per heavy atom. The second-order valence-electron chi connectivity index (χ2n) is 6.20. The molecule has 30 heavy (non-hydrogen) atoms. The van der Waals surface area contributed by atoms with Crippen LogP contribution in [0.1, 0.15) is 26.3 Å². The minimum Gasteiger partial charge on any atom is -0.508 e. The van der Waals surface area contributed by atoms with Crippen LogP contribution >= 0.6 is 0 Å². The van der Waals surface area contributed by atoms with Gasteiger partial charge in [0.15, 0.2) is 0 Å². The number of nitrogens with one attached hydrogen (secondary N) is 2. The van der Waals surface area contributed by atoms with Crippen molar-refractivity contribution < 1.29 is 24.5 Å². The number of hydrazone groups is 1. The summed E-state index contributed by atoms with van der Waals surface area (Å²) in [6.45, 7) is 0. The molecule has 8 nitrogen and oxygen atoms in total. The van der Waals surface area contributed by atoms with Gasteiger partial charge in [-0.25, -0.2) is 5.43 Å². The molecule has 0 spiro atoms. The molecule has 3 rings (SSSR count). The maximum absolute atomic E-state index is 12.3. The topological polar surface area (TPSA) is 120 Å². The number of ether oxygens (including phenoxy) is 1. The highest BCUT2D eigenvalue weighted by Crippen LogP contribution is 2.20. The van der Waals surface area contributed by atoms with Crippen molar-refractivity contribution in [3.8, 4) is 17.2 Å². The van der Waals surface area contributed by atoms with Gasteiger partial charge in [0.05, 0.1) is 13.3 Å². The van der Waals surface area contributed by atoms with Crippen LogP contribution in [-0.2, 0) is 0 Å². The van der Waals surface area contributed by atoms with Gasteiger partial charge in [0.2, 0.25) is 0 Å². The van der Waals surface area contributed by atoms with Gasteiger partial charge < -0.3 is 20.3 Å². The first-order valence-electron chi connectivity index (χ1n) is 8.87. The first-order valence-corrected chi connectivity index (χ1v) is 8.87. The number of nitrogens with zero attached hydrogens (tertiary/aromatic N) is 1. The summed E-state index contributed by atoms with van der Waals surface area (Å²) in [6, 6.07) is 17.0. The van der Waals surface area contributed by atoms with E-state index in [-0.39, 0.29) is 17.4 Å². The average Bonchev–Trinajstić information content (AvgIpc) is 2.75. The Morgan fingerprint density at radius 1 is 0.900 bits per heavy atom. The largest absolute Gasteiger partial charge is 0.508 e. The third-order valence-electron chi connectivity index (χ3n) is 4.14.